The first kappa shape index (κ1) is 14.2. The number of halogens is 7. The van der Waals surface area contributed by atoms with Crippen LogP contribution in [0, 0.1) is 11.7 Å². The van der Waals surface area contributed by atoms with Gasteiger partial charge in [0.1, 0.15) is 10.2 Å². The van der Waals surface area contributed by atoms with Crippen LogP contribution in [0.25, 0.3) is 0 Å². The molecular weight excluding hydrogens is 314 g/mol. The number of alkyl halides is 5. The van der Waals surface area contributed by atoms with E-state index in [1.807, 2.05) is 0 Å². The summed E-state index contributed by atoms with van der Waals surface area (Å²) in [6, 6.07) is 1.75. The van der Waals surface area contributed by atoms with Gasteiger partial charge in [-0.15, -0.1) is 23.2 Å². The molecule has 2 unspecified atom stereocenters. The second-order valence-electron chi connectivity index (χ2n) is 4.30. The van der Waals surface area contributed by atoms with Gasteiger partial charge in [0.05, 0.1) is 10.6 Å². The molecule has 0 radical (unpaired) electrons. The smallest absolute Gasteiger partial charge is 0.205 e. The Morgan fingerprint density at radius 3 is 2.11 bits per heavy atom. The van der Waals surface area contributed by atoms with Crippen molar-refractivity contribution in [2.75, 3.05) is 0 Å². The molecule has 0 heterocycles. The van der Waals surface area contributed by atoms with Crippen molar-refractivity contribution in [3.8, 4) is 0 Å². The Balaban J connectivity index is 2.50. The summed E-state index contributed by atoms with van der Waals surface area (Å²) in [5.74, 6) is -1.87. The van der Waals surface area contributed by atoms with E-state index in [1.54, 1.807) is 6.92 Å². The zero-order valence-electron chi connectivity index (χ0n) is 8.96. The van der Waals surface area contributed by atoms with E-state index in [9.17, 15) is 17.6 Å². The van der Waals surface area contributed by atoms with Crippen molar-refractivity contribution in [3.05, 3.63) is 34.1 Å². The topological polar surface area (TPSA) is 0 Å². The summed E-state index contributed by atoms with van der Waals surface area (Å²) in [5, 5.41) is -0.936. The van der Waals surface area contributed by atoms with Crippen LogP contribution in [0.5, 0.6) is 0 Å². The predicted octanol–water partition coefficient (Wildman–Crippen LogP) is 5.41. The van der Waals surface area contributed by atoms with Gasteiger partial charge in [-0.1, -0.05) is 18.5 Å². The maximum Gasteiger partial charge on any atom is 0.417 e. The average molecular weight is 322 g/mol. The minimum Gasteiger partial charge on any atom is -0.205 e. The fraction of sp³-hybridized carbons (Fsp3) is 0.455. The Morgan fingerprint density at radius 1 is 1.22 bits per heavy atom. The lowest BCUT2D eigenvalue weighted by molar-refractivity contribution is -0.137. The van der Waals surface area contributed by atoms with E-state index < -0.39 is 32.8 Å². The summed E-state index contributed by atoms with van der Waals surface area (Å²) in [5.41, 5.74) is -1.09. The van der Waals surface area contributed by atoms with Gasteiger partial charge in [-0.3, -0.25) is 0 Å². The first-order valence-corrected chi connectivity index (χ1v) is 6.14. The summed E-state index contributed by atoms with van der Waals surface area (Å²) in [6.07, 6.45) is -4.71. The van der Waals surface area contributed by atoms with E-state index in [2.05, 4.69) is 0 Å². The molecule has 1 aromatic rings. The van der Waals surface area contributed by atoms with Gasteiger partial charge in [-0.05, 0) is 23.6 Å². The Kier molecular flexibility index (Phi) is 3.28. The lowest BCUT2D eigenvalue weighted by atomic mass is 10.0. The Hall–Kier alpha value is -0.190. The van der Waals surface area contributed by atoms with E-state index >= 15 is 0 Å². The van der Waals surface area contributed by atoms with E-state index in [4.69, 9.17) is 34.8 Å². The van der Waals surface area contributed by atoms with E-state index in [0.717, 1.165) is 12.1 Å². The van der Waals surface area contributed by atoms with Crippen LogP contribution in [-0.4, -0.2) is 4.33 Å². The molecular formula is C11H7Cl3F4. The van der Waals surface area contributed by atoms with Crippen LogP contribution in [0.4, 0.5) is 17.6 Å². The minimum absolute atomic E-state index is 0.113. The number of hydrogen-bond acceptors (Lipinski definition) is 0. The van der Waals surface area contributed by atoms with Gasteiger partial charge in [-0.2, -0.15) is 13.2 Å². The second kappa shape index (κ2) is 4.15. The SMILES string of the molecule is CC1C(c2cc(F)c(Cl)c(C(F)(F)F)c2)C1(Cl)Cl. The molecule has 0 bridgehead atoms. The molecule has 0 amide bonds. The van der Waals surface area contributed by atoms with E-state index in [-0.39, 0.29) is 11.5 Å². The van der Waals surface area contributed by atoms with Crippen molar-refractivity contribution in [1.29, 1.82) is 0 Å². The van der Waals surface area contributed by atoms with Crippen LogP contribution in [0.15, 0.2) is 12.1 Å². The second-order valence-corrected chi connectivity index (χ2v) is 6.13. The maximum absolute atomic E-state index is 13.4. The molecule has 0 nitrogen and oxygen atoms in total. The summed E-state index contributed by atoms with van der Waals surface area (Å²) >= 11 is 17.1. The van der Waals surface area contributed by atoms with Gasteiger partial charge in [0.2, 0.25) is 0 Å². The molecule has 0 spiro atoms. The quantitative estimate of drug-likeness (QED) is 0.479. The monoisotopic (exact) mass is 320 g/mol. The van der Waals surface area contributed by atoms with Gasteiger partial charge in [0.15, 0.2) is 0 Å². The number of hydrogen-bond donors (Lipinski definition) is 0. The van der Waals surface area contributed by atoms with E-state index in [1.165, 1.54) is 0 Å². The molecule has 0 aliphatic heterocycles. The molecule has 0 N–H and O–H groups in total. The van der Waals surface area contributed by atoms with Crippen molar-refractivity contribution in [2.45, 2.75) is 23.4 Å². The van der Waals surface area contributed by atoms with Crippen LogP contribution in [-0.2, 0) is 6.18 Å². The molecule has 1 aliphatic rings. The van der Waals surface area contributed by atoms with Gasteiger partial charge in [0, 0.05) is 5.92 Å². The highest BCUT2D eigenvalue weighted by atomic mass is 35.5. The summed E-state index contributed by atoms with van der Waals surface area (Å²) in [7, 11) is 0. The highest BCUT2D eigenvalue weighted by Gasteiger charge is 2.61. The molecule has 1 aliphatic carbocycles. The van der Waals surface area contributed by atoms with Crippen LogP contribution in [0.1, 0.15) is 24.0 Å². The first-order chi connectivity index (χ1) is 8.06. The van der Waals surface area contributed by atoms with Crippen molar-refractivity contribution in [2.24, 2.45) is 5.92 Å². The zero-order chi connectivity index (χ0) is 13.9. The summed E-state index contributed by atoms with van der Waals surface area (Å²) < 4.78 is 50.3. The highest BCUT2D eigenvalue weighted by molar-refractivity contribution is 6.51. The van der Waals surface area contributed by atoms with Crippen LogP contribution in [0.3, 0.4) is 0 Å². The fourth-order valence-electron chi connectivity index (χ4n) is 1.99. The molecule has 18 heavy (non-hydrogen) atoms. The van der Waals surface area contributed by atoms with E-state index in [0.29, 0.717) is 0 Å². The summed E-state index contributed by atoms with van der Waals surface area (Å²) in [4.78, 5) is 0. The number of rotatable bonds is 1. The molecule has 2 rings (SSSR count). The molecule has 100 valence electrons. The molecule has 0 saturated heterocycles. The predicted molar refractivity (Wildman–Crippen MR) is 62.8 cm³/mol. The third kappa shape index (κ3) is 2.19. The third-order valence-corrected chi connectivity index (χ3v) is 4.67. The number of benzene rings is 1. The molecule has 0 aromatic heterocycles. The Labute approximate surface area is 116 Å². The van der Waals surface area contributed by atoms with Crippen LogP contribution in [0.2, 0.25) is 5.02 Å². The van der Waals surface area contributed by atoms with Crippen LogP contribution >= 0.6 is 34.8 Å². The first-order valence-electron chi connectivity index (χ1n) is 5.00. The average Bonchev–Trinajstić information content (AvgIpc) is 2.69. The Bertz CT molecular complexity index is 496. The normalized spacial score (nSPS) is 26.2. The fourth-order valence-corrected chi connectivity index (χ4v) is 2.96. The third-order valence-electron chi connectivity index (χ3n) is 3.13. The standard InChI is InChI=1S/C11H7Cl3F4/c1-4-8(10(4,13)14)5-2-6(11(16,17)18)9(12)7(15)3-5/h2-4,8H,1H3. The lowest BCUT2D eigenvalue weighted by Crippen LogP contribution is -2.08. The van der Waals surface area contributed by atoms with Gasteiger partial charge < -0.3 is 0 Å². The molecule has 2 atom stereocenters. The molecule has 1 fully saturated rings. The summed E-state index contributed by atoms with van der Waals surface area (Å²) in [6.45, 7) is 1.68. The molecule has 7 heteroatoms. The van der Waals surface area contributed by atoms with Crippen molar-refractivity contribution >= 4 is 34.8 Å². The highest BCUT2D eigenvalue weighted by Crippen LogP contribution is 2.65. The molecule has 1 aromatic carbocycles. The zero-order valence-corrected chi connectivity index (χ0v) is 11.2. The lowest BCUT2D eigenvalue weighted by Gasteiger charge is -2.12. The van der Waals surface area contributed by atoms with Crippen molar-refractivity contribution in [1.82, 2.24) is 0 Å². The molecule has 1 saturated carbocycles. The minimum atomic E-state index is -4.71. The van der Waals surface area contributed by atoms with Crippen LogP contribution < -0.4 is 0 Å². The van der Waals surface area contributed by atoms with Crippen molar-refractivity contribution in [3.63, 3.8) is 0 Å². The van der Waals surface area contributed by atoms with Crippen molar-refractivity contribution < 1.29 is 17.6 Å². The maximum atomic E-state index is 13.4. The van der Waals surface area contributed by atoms with Gasteiger partial charge >= 0.3 is 6.18 Å². The largest absolute Gasteiger partial charge is 0.417 e. The van der Waals surface area contributed by atoms with Gasteiger partial charge in [0.25, 0.3) is 0 Å². The Morgan fingerprint density at radius 2 is 1.72 bits per heavy atom. The van der Waals surface area contributed by atoms with Gasteiger partial charge in [-0.25, -0.2) is 4.39 Å².